The van der Waals surface area contributed by atoms with Crippen LogP contribution in [-0.2, 0) is 4.79 Å². The molecule has 0 radical (unpaired) electrons. The molecule has 0 bridgehead atoms. The van der Waals surface area contributed by atoms with Crippen molar-refractivity contribution in [1.29, 1.82) is 0 Å². The molecular weight excluding hydrogens is 328 g/mol. The Labute approximate surface area is 154 Å². The van der Waals surface area contributed by atoms with Crippen molar-refractivity contribution in [2.24, 2.45) is 0 Å². The lowest BCUT2D eigenvalue weighted by molar-refractivity contribution is -0.160. The van der Waals surface area contributed by atoms with Gasteiger partial charge in [0.25, 0.3) is 0 Å². The maximum atomic E-state index is 12.1. The first-order valence-electron chi connectivity index (χ1n) is 9.68. The van der Waals surface area contributed by atoms with Gasteiger partial charge in [0.05, 0.1) is 5.52 Å². The fraction of sp³-hybridized carbons (Fsp3) is 0.524. The second-order valence-electron chi connectivity index (χ2n) is 7.59. The van der Waals surface area contributed by atoms with Crippen LogP contribution >= 0.6 is 0 Å². The summed E-state index contributed by atoms with van der Waals surface area (Å²) >= 11 is 0. The van der Waals surface area contributed by atoms with Gasteiger partial charge >= 0.3 is 5.97 Å². The number of nitrogens with zero attached hydrogens (tertiary/aromatic N) is 2. The number of fused-ring (bicyclic) bond motifs is 1. The molecular formula is C21H26N2O3. The van der Waals surface area contributed by atoms with Crippen molar-refractivity contribution in [1.82, 2.24) is 9.88 Å². The van der Waals surface area contributed by atoms with E-state index in [1.165, 1.54) is 32.1 Å². The summed E-state index contributed by atoms with van der Waals surface area (Å²) in [4.78, 5) is 18.9. The van der Waals surface area contributed by atoms with E-state index in [9.17, 15) is 9.90 Å². The van der Waals surface area contributed by atoms with E-state index in [0.717, 1.165) is 24.0 Å². The number of carboxylic acid groups (broad SMARTS) is 1. The van der Waals surface area contributed by atoms with E-state index in [1.54, 1.807) is 6.20 Å². The maximum Gasteiger partial charge on any atom is 0.348 e. The molecule has 0 unspecified atom stereocenters. The lowest BCUT2D eigenvalue weighted by Crippen LogP contribution is -2.55. The number of aliphatic carboxylic acids is 1. The highest BCUT2D eigenvalue weighted by atomic mass is 16.5. The van der Waals surface area contributed by atoms with Crippen LogP contribution in [-0.4, -0.2) is 45.7 Å². The number of aromatic nitrogens is 1. The topological polar surface area (TPSA) is 62.7 Å². The Morgan fingerprint density at radius 1 is 1.15 bits per heavy atom. The van der Waals surface area contributed by atoms with Crippen molar-refractivity contribution >= 4 is 16.9 Å². The summed E-state index contributed by atoms with van der Waals surface area (Å²) in [5, 5.41) is 10.9. The van der Waals surface area contributed by atoms with Gasteiger partial charge < -0.3 is 14.7 Å². The minimum Gasteiger partial charge on any atom is -0.478 e. The molecule has 138 valence electrons. The second kappa shape index (κ2) is 7.23. The van der Waals surface area contributed by atoms with Gasteiger partial charge in [0, 0.05) is 43.6 Å². The van der Waals surface area contributed by atoms with Gasteiger partial charge in [0.15, 0.2) is 0 Å². The van der Waals surface area contributed by atoms with Gasteiger partial charge in [-0.15, -0.1) is 0 Å². The molecule has 1 N–H and O–H groups in total. The van der Waals surface area contributed by atoms with Crippen LogP contribution in [0.5, 0.6) is 5.75 Å². The van der Waals surface area contributed by atoms with Crippen LogP contribution in [0.15, 0.2) is 36.5 Å². The normalized spacial score (nSPS) is 21.5. The van der Waals surface area contributed by atoms with Gasteiger partial charge in [-0.25, -0.2) is 4.79 Å². The number of likely N-dealkylation sites (tertiary alicyclic amines) is 1. The summed E-state index contributed by atoms with van der Waals surface area (Å²) in [7, 11) is 0. The molecule has 2 heterocycles. The summed E-state index contributed by atoms with van der Waals surface area (Å²) in [6.45, 7) is 1.60. The fourth-order valence-corrected chi connectivity index (χ4v) is 4.40. The zero-order valence-corrected chi connectivity index (χ0v) is 15.1. The van der Waals surface area contributed by atoms with Gasteiger partial charge in [-0.05, 0) is 37.1 Å². The molecule has 1 aromatic heterocycles. The number of hydrogen-bond acceptors (Lipinski definition) is 4. The van der Waals surface area contributed by atoms with Crippen LogP contribution in [0.1, 0.15) is 44.9 Å². The summed E-state index contributed by atoms with van der Waals surface area (Å²) in [5.74, 6) is -0.244. The molecule has 1 saturated carbocycles. The van der Waals surface area contributed by atoms with Gasteiger partial charge in [0.2, 0.25) is 5.60 Å². The average molecular weight is 354 g/mol. The number of hydrogen-bond donors (Lipinski definition) is 1. The monoisotopic (exact) mass is 354 g/mol. The van der Waals surface area contributed by atoms with E-state index in [-0.39, 0.29) is 0 Å². The van der Waals surface area contributed by atoms with Crippen molar-refractivity contribution in [3.05, 3.63) is 36.5 Å². The van der Waals surface area contributed by atoms with Gasteiger partial charge in [-0.2, -0.15) is 0 Å². The average Bonchev–Trinajstić information content (AvgIpc) is 2.69. The Bertz CT molecular complexity index is 778. The summed E-state index contributed by atoms with van der Waals surface area (Å²) in [6, 6.07) is 10.1. The first-order chi connectivity index (χ1) is 12.7. The highest BCUT2D eigenvalue weighted by molar-refractivity contribution is 5.81. The van der Waals surface area contributed by atoms with E-state index in [4.69, 9.17) is 4.74 Å². The van der Waals surface area contributed by atoms with Crippen LogP contribution in [0.25, 0.3) is 10.9 Å². The molecule has 2 aromatic rings. The standard InChI is InChI=1S/C21H26N2O3/c24-20(25)21(10-13-23(14-11-21)17-6-2-1-3-7-17)26-18-8-9-19-16(15-18)5-4-12-22-19/h4-5,8-9,12,15,17H,1-3,6-7,10-11,13-14H2,(H,24,25). The first kappa shape index (κ1) is 17.3. The molecule has 5 nitrogen and oxygen atoms in total. The Kier molecular flexibility index (Phi) is 4.81. The summed E-state index contributed by atoms with van der Waals surface area (Å²) in [5.41, 5.74) is -0.238. The van der Waals surface area contributed by atoms with Crippen LogP contribution in [0, 0.1) is 0 Å². The van der Waals surface area contributed by atoms with E-state index < -0.39 is 11.6 Å². The van der Waals surface area contributed by atoms with Crippen molar-refractivity contribution in [2.45, 2.75) is 56.6 Å². The highest BCUT2D eigenvalue weighted by Gasteiger charge is 2.45. The van der Waals surface area contributed by atoms with Crippen molar-refractivity contribution < 1.29 is 14.6 Å². The molecule has 0 atom stereocenters. The third-order valence-electron chi connectivity index (χ3n) is 5.97. The number of benzene rings is 1. The molecule has 4 rings (SSSR count). The molecule has 1 aromatic carbocycles. The van der Waals surface area contributed by atoms with Gasteiger partial charge in [-0.1, -0.05) is 25.3 Å². The number of ether oxygens (including phenoxy) is 1. The van der Waals surface area contributed by atoms with Crippen LogP contribution in [0.4, 0.5) is 0 Å². The quantitative estimate of drug-likeness (QED) is 0.903. The predicted molar refractivity (Wildman–Crippen MR) is 100 cm³/mol. The Hall–Kier alpha value is -2.14. The molecule has 1 aliphatic heterocycles. The molecule has 1 aliphatic carbocycles. The number of carboxylic acids is 1. The van der Waals surface area contributed by atoms with Gasteiger partial charge in [0.1, 0.15) is 5.75 Å². The Morgan fingerprint density at radius 3 is 2.65 bits per heavy atom. The van der Waals surface area contributed by atoms with E-state index in [1.807, 2.05) is 30.3 Å². The number of rotatable bonds is 4. The van der Waals surface area contributed by atoms with Gasteiger partial charge in [-0.3, -0.25) is 4.98 Å². The third kappa shape index (κ3) is 3.40. The Balaban J connectivity index is 1.49. The summed E-state index contributed by atoms with van der Waals surface area (Å²) < 4.78 is 6.09. The first-order valence-corrected chi connectivity index (χ1v) is 9.68. The number of piperidine rings is 1. The third-order valence-corrected chi connectivity index (χ3v) is 5.97. The molecule has 0 spiro atoms. The fourth-order valence-electron chi connectivity index (χ4n) is 4.40. The molecule has 1 saturated heterocycles. The van der Waals surface area contributed by atoms with Crippen molar-refractivity contribution in [3.8, 4) is 5.75 Å². The SMILES string of the molecule is O=C(O)C1(Oc2ccc3ncccc3c2)CCN(C2CCCCC2)CC1. The lowest BCUT2D eigenvalue weighted by atomic mass is 9.87. The predicted octanol–water partition coefficient (Wildman–Crippen LogP) is 3.87. The van der Waals surface area contributed by atoms with E-state index in [0.29, 0.717) is 24.6 Å². The largest absolute Gasteiger partial charge is 0.478 e. The van der Waals surface area contributed by atoms with Crippen molar-refractivity contribution in [3.63, 3.8) is 0 Å². The molecule has 0 amide bonds. The Morgan fingerprint density at radius 2 is 1.92 bits per heavy atom. The number of pyridine rings is 1. The van der Waals surface area contributed by atoms with Crippen LogP contribution in [0.2, 0.25) is 0 Å². The van der Waals surface area contributed by atoms with E-state index >= 15 is 0 Å². The van der Waals surface area contributed by atoms with E-state index in [2.05, 4.69) is 9.88 Å². The number of carbonyl (C=O) groups is 1. The lowest BCUT2D eigenvalue weighted by Gasteiger charge is -2.43. The highest BCUT2D eigenvalue weighted by Crippen LogP contribution is 2.33. The smallest absolute Gasteiger partial charge is 0.348 e. The molecule has 2 aliphatic rings. The molecule has 5 heteroatoms. The zero-order valence-electron chi connectivity index (χ0n) is 15.1. The van der Waals surface area contributed by atoms with Crippen molar-refractivity contribution in [2.75, 3.05) is 13.1 Å². The van der Waals surface area contributed by atoms with Crippen LogP contribution < -0.4 is 4.74 Å². The molecule has 2 fully saturated rings. The molecule has 26 heavy (non-hydrogen) atoms. The summed E-state index contributed by atoms with van der Waals surface area (Å²) in [6.07, 6.45) is 9.25. The maximum absolute atomic E-state index is 12.1. The van der Waals surface area contributed by atoms with Crippen LogP contribution in [0.3, 0.4) is 0 Å². The minimum absolute atomic E-state index is 0.532. The minimum atomic E-state index is -1.12. The zero-order chi connectivity index (χ0) is 18.0. The second-order valence-corrected chi connectivity index (χ2v) is 7.59.